The van der Waals surface area contributed by atoms with E-state index in [9.17, 15) is 4.79 Å². The van der Waals surface area contributed by atoms with Gasteiger partial charge >= 0.3 is 5.97 Å². The van der Waals surface area contributed by atoms with Gasteiger partial charge in [-0.1, -0.05) is 0 Å². The molecule has 0 aliphatic rings. The molecule has 0 bridgehead atoms. The van der Waals surface area contributed by atoms with Crippen LogP contribution in [0.3, 0.4) is 0 Å². The fourth-order valence-corrected chi connectivity index (χ4v) is 0.425. The summed E-state index contributed by atoms with van der Waals surface area (Å²) in [5, 5.41) is 9.02. The fraction of sp³-hybridized carbons (Fsp3) is 0.833. The fourth-order valence-electron chi connectivity index (χ4n) is 0.425. The molecule has 0 aromatic heterocycles. The van der Waals surface area contributed by atoms with Gasteiger partial charge in [-0.15, -0.1) is 0 Å². The molecule has 3 nitrogen and oxygen atoms in total. The van der Waals surface area contributed by atoms with E-state index >= 15 is 0 Å². The molecule has 9 heavy (non-hydrogen) atoms. The summed E-state index contributed by atoms with van der Waals surface area (Å²) in [7, 11) is 1.30. The molecule has 0 spiro atoms. The normalized spacial score (nSPS) is 11.1. The van der Waals surface area contributed by atoms with Gasteiger partial charge in [0.15, 0.2) is 0 Å². The summed E-state index contributed by atoms with van der Waals surface area (Å²) in [4.78, 5) is 10.4. The van der Waals surface area contributed by atoms with Gasteiger partial charge in [0.1, 0.15) is 0 Å². The average molecular weight is 132 g/mol. The Morgan fingerprint density at radius 2 is 2.11 bits per heavy atom. The highest BCUT2D eigenvalue weighted by molar-refractivity contribution is 5.70. The second-order valence-corrected chi connectivity index (χ2v) is 2.57. The number of hydrogen-bond acceptors (Lipinski definition) is 3. The van der Waals surface area contributed by atoms with Gasteiger partial charge in [-0.25, -0.2) is 0 Å². The van der Waals surface area contributed by atoms with E-state index in [1.54, 1.807) is 13.8 Å². The Kier molecular flexibility index (Phi) is 2.65. The van der Waals surface area contributed by atoms with Crippen LogP contribution in [0.1, 0.15) is 20.3 Å². The van der Waals surface area contributed by atoms with Crippen molar-refractivity contribution in [3.63, 3.8) is 0 Å². The highest BCUT2D eigenvalue weighted by atomic mass is 16.5. The van der Waals surface area contributed by atoms with Crippen LogP contribution in [0.5, 0.6) is 0 Å². The van der Waals surface area contributed by atoms with Crippen LogP contribution >= 0.6 is 0 Å². The minimum Gasteiger partial charge on any atom is -0.469 e. The summed E-state index contributed by atoms with van der Waals surface area (Å²) < 4.78 is 4.33. The summed E-state index contributed by atoms with van der Waals surface area (Å²) in [6, 6.07) is 0. The van der Waals surface area contributed by atoms with Gasteiger partial charge in [0.2, 0.25) is 0 Å². The zero-order chi connectivity index (χ0) is 7.49. The highest BCUT2D eigenvalue weighted by Crippen LogP contribution is 2.06. The first-order chi connectivity index (χ1) is 3.95. The standard InChI is InChI=1S/C6H12O3/c1-6(2,8)4-5(7)9-3/h8H,4H2,1-3H3. The molecule has 0 saturated heterocycles. The van der Waals surface area contributed by atoms with Gasteiger partial charge in [0.05, 0.1) is 19.1 Å². The molecule has 0 aromatic carbocycles. The van der Waals surface area contributed by atoms with Gasteiger partial charge in [-0.05, 0) is 13.8 Å². The van der Waals surface area contributed by atoms with Crippen LogP contribution in [0.2, 0.25) is 0 Å². The van der Waals surface area contributed by atoms with Crippen molar-refractivity contribution in [1.29, 1.82) is 0 Å². The van der Waals surface area contributed by atoms with Gasteiger partial charge in [-0.3, -0.25) is 4.79 Å². The second-order valence-electron chi connectivity index (χ2n) is 2.57. The van der Waals surface area contributed by atoms with E-state index in [4.69, 9.17) is 5.11 Å². The van der Waals surface area contributed by atoms with Crippen molar-refractivity contribution >= 4 is 5.97 Å². The Bertz CT molecular complexity index is 101. The van der Waals surface area contributed by atoms with Crippen LogP contribution in [0, 0.1) is 0 Å². The average Bonchev–Trinajstić information content (AvgIpc) is 1.62. The number of esters is 1. The molecule has 0 aliphatic heterocycles. The van der Waals surface area contributed by atoms with E-state index in [-0.39, 0.29) is 12.4 Å². The van der Waals surface area contributed by atoms with E-state index in [2.05, 4.69) is 4.74 Å². The smallest absolute Gasteiger partial charge is 0.308 e. The molecule has 0 unspecified atom stereocenters. The largest absolute Gasteiger partial charge is 0.469 e. The molecule has 54 valence electrons. The predicted molar refractivity (Wildman–Crippen MR) is 32.9 cm³/mol. The summed E-state index contributed by atoms with van der Waals surface area (Å²) in [5.41, 5.74) is -0.951. The lowest BCUT2D eigenvalue weighted by molar-refractivity contribution is -0.144. The zero-order valence-corrected chi connectivity index (χ0v) is 5.97. The van der Waals surface area contributed by atoms with E-state index < -0.39 is 5.60 Å². The predicted octanol–water partition coefficient (Wildman–Crippen LogP) is 0.320. The maximum atomic E-state index is 10.4. The molecule has 3 heteroatoms. The number of ether oxygens (including phenoxy) is 1. The van der Waals surface area contributed by atoms with Crippen molar-refractivity contribution in [3.05, 3.63) is 0 Å². The molecule has 0 saturated carbocycles. The van der Waals surface area contributed by atoms with Crippen LogP contribution in [0.25, 0.3) is 0 Å². The van der Waals surface area contributed by atoms with E-state index in [1.807, 2.05) is 0 Å². The van der Waals surface area contributed by atoms with Crippen LogP contribution in [0.15, 0.2) is 0 Å². The number of aliphatic hydroxyl groups is 1. The first-order valence-electron chi connectivity index (χ1n) is 2.75. The van der Waals surface area contributed by atoms with Crippen LogP contribution < -0.4 is 0 Å². The molecule has 0 fully saturated rings. The quantitative estimate of drug-likeness (QED) is 0.550. The minimum absolute atomic E-state index is 0.0451. The number of methoxy groups -OCH3 is 1. The van der Waals surface area contributed by atoms with Gasteiger partial charge in [0.25, 0.3) is 0 Å². The number of hydrogen-bond donors (Lipinski definition) is 1. The lowest BCUT2D eigenvalue weighted by atomic mass is 10.1. The molecule has 0 aromatic rings. The Morgan fingerprint density at radius 3 is 2.22 bits per heavy atom. The first-order valence-corrected chi connectivity index (χ1v) is 2.75. The van der Waals surface area contributed by atoms with Crippen molar-refractivity contribution in [2.45, 2.75) is 25.9 Å². The molecular formula is C6H12O3. The topological polar surface area (TPSA) is 46.5 Å². The number of rotatable bonds is 2. The molecule has 0 heterocycles. The Morgan fingerprint density at radius 1 is 1.67 bits per heavy atom. The van der Waals surface area contributed by atoms with Crippen LogP contribution in [-0.2, 0) is 9.53 Å². The first kappa shape index (κ1) is 8.43. The van der Waals surface area contributed by atoms with Crippen molar-refractivity contribution in [3.8, 4) is 0 Å². The van der Waals surface area contributed by atoms with Gasteiger partial charge < -0.3 is 9.84 Å². The van der Waals surface area contributed by atoms with Crippen molar-refractivity contribution in [2.24, 2.45) is 0 Å². The molecule has 0 rings (SSSR count). The highest BCUT2D eigenvalue weighted by Gasteiger charge is 2.17. The van der Waals surface area contributed by atoms with Gasteiger partial charge in [0, 0.05) is 0 Å². The summed E-state index contributed by atoms with van der Waals surface area (Å²) in [6.07, 6.45) is 0.0451. The Labute approximate surface area is 54.6 Å². The molecular weight excluding hydrogens is 120 g/mol. The maximum Gasteiger partial charge on any atom is 0.308 e. The SMILES string of the molecule is COC(=O)CC(C)(C)O. The lowest BCUT2D eigenvalue weighted by Gasteiger charge is -2.13. The third kappa shape index (κ3) is 5.30. The van der Waals surface area contributed by atoms with Crippen molar-refractivity contribution < 1.29 is 14.6 Å². The molecule has 0 amide bonds. The monoisotopic (exact) mass is 132 g/mol. The Hall–Kier alpha value is -0.570. The summed E-state index contributed by atoms with van der Waals surface area (Å²) in [5.74, 6) is -0.387. The summed E-state index contributed by atoms with van der Waals surface area (Å²) >= 11 is 0. The third-order valence-electron chi connectivity index (χ3n) is 0.805. The second kappa shape index (κ2) is 2.82. The maximum absolute atomic E-state index is 10.4. The number of carbonyl (C=O) groups excluding carboxylic acids is 1. The molecule has 0 aliphatic carbocycles. The number of carbonyl (C=O) groups is 1. The minimum atomic E-state index is -0.951. The van der Waals surface area contributed by atoms with Crippen molar-refractivity contribution in [1.82, 2.24) is 0 Å². The van der Waals surface area contributed by atoms with E-state index in [0.717, 1.165) is 0 Å². The van der Waals surface area contributed by atoms with E-state index in [0.29, 0.717) is 0 Å². The molecule has 1 N–H and O–H groups in total. The molecule has 0 radical (unpaired) electrons. The lowest BCUT2D eigenvalue weighted by Crippen LogP contribution is -2.23. The van der Waals surface area contributed by atoms with Gasteiger partial charge in [-0.2, -0.15) is 0 Å². The summed E-state index contributed by atoms with van der Waals surface area (Å²) in [6.45, 7) is 3.12. The zero-order valence-electron chi connectivity index (χ0n) is 5.97. The van der Waals surface area contributed by atoms with E-state index in [1.165, 1.54) is 7.11 Å². The van der Waals surface area contributed by atoms with Crippen LogP contribution in [0.4, 0.5) is 0 Å². The Balaban J connectivity index is 3.60. The van der Waals surface area contributed by atoms with Crippen LogP contribution in [-0.4, -0.2) is 23.8 Å². The third-order valence-corrected chi connectivity index (χ3v) is 0.805. The van der Waals surface area contributed by atoms with Crippen molar-refractivity contribution in [2.75, 3.05) is 7.11 Å². The molecule has 0 atom stereocenters.